The number of halogens is 1. The van der Waals surface area contributed by atoms with Gasteiger partial charge in [-0.05, 0) is 69.6 Å². The van der Waals surface area contributed by atoms with E-state index in [1.54, 1.807) is 6.07 Å². The van der Waals surface area contributed by atoms with Crippen molar-refractivity contribution in [2.24, 2.45) is 10.9 Å². The van der Waals surface area contributed by atoms with Crippen LogP contribution < -0.4 is 20.7 Å². The number of hydrogen-bond acceptors (Lipinski definition) is 3. The quantitative estimate of drug-likeness (QED) is 0.301. The minimum absolute atomic E-state index is 0.105. The Kier molecular flexibility index (Phi) is 7.72. The normalized spacial score (nSPS) is 17.6. The molecule has 7 heteroatoms. The molecule has 2 fully saturated rings. The Morgan fingerprint density at radius 3 is 2.76 bits per heavy atom. The van der Waals surface area contributed by atoms with Gasteiger partial charge in [-0.25, -0.2) is 4.39 Å². The number of carbonyl (C=O) groups excluding carboxylic acids is 1. The van der Waals surface area contributed by atoms with Crippen molar-refractivity contribution in [1.29, 1.82) is 0 Å². The summed E-state index contributed by atoms with van der Waals surface area (Å²) in [6.45, 7) is 5.84. The molecule has 0 radical (unpaired) electrons. The zero-order valence-electron chi connectivity index (χ0n) is 17.5. The Balaban J connectivity index is 1.47. The molecule has 1 atom stereocenters. The van der Waals surface area contributed by atoms with E-state index < -0.39 is 0 Å². The van der Waals surface area contributed by atoms with Crippen molar-refractivity contribution in [3.8, 4) is 5.75 Å². The molecule has 0 saturated heterocycles. The van der Waals surface area contributed by atoms with Crippen LogP contribution in [0.1, 0.15) is 64.0 Å². The Labute approximate surface area is 172 Å². The van der Waals surface area contributed by atoms with Gasteiger partial charge < -0.3 is 20.7 Å². The van der Waals surface area contributed by atoms with E-state index in [0.717, 1.165) is 24.9 Å². The highest BCUT2D eigenvalue weighted by Gasteiger charge is 2.23. The molecule has 2 saturated carbocycles. The van der Waals surface area contributed by atoms with Crippen LogP contribution in [0.5, 0.6) is 5.75 Å². The lowest BCUT2D eigenvalue weighted by molar-refractivity contribution is -0.121. The molecule has 6 nitrogen and oxygen atoms in total. The molecule has 1 aromatic carbocycles. The lowest BCUT2D eigenvalue weighted by Gasteiger charge is -2.19. The highest BCUT2D eigenvalue weighted by molar-refractivity contribution is 5.80. The Morgan fingerprint density at radius 1 is 1.31 bits per heavy atom. The molecule has 2 aliphatic rings. The number of nitrogens with one attached hydrogen (secondary N) is 3. The Bertz CT molecular complexity index is 717. The SMILES string of the molecule is CCNC(=NCCCC(=O)NC1CC1)NC(C)c1ccc(OCC2CC2)c(F)c1. The molecule has 3 N–H and O–H groups in total. The monoisotopic (exact) mass is 404 g/mol. The van der Waals surface area contributed by atoms with Gasteiger partial charge in [0.2, 0.25) is 5.91 Å². The summed E-state index contributed by atoms with van der Waals surface area (Å²) in [6, 6.07) is 5.39. The first-order chi connectivity index (χ1) is 14.0. The average molecular weight is 405 g/mol. The summed E-state index contributed by atoms with van der Waals surface area (Å²) < 4.78 is 19.9. The van der Waals surface area contributed by atoms with Gasteiger partial charge in [0.25, 0.3) is 0 Å². The molecule has 3 rings (SSSR count). The third kappa shape index (κ3) is 7.55. The standard InChI is InChI=1S/C22H33FN4O2/c1-3-24-22(25-12-4-5-21(28)27-18-9-10-18)26-15(2)17-8-11-20(19(23)13-17)29-14-16-6-7-16/h8,11,13,15-16,18H,3-7,9-10,12,14H2,1-2H3,(H,27,28)(H2,24,25,26). The van der Waals surface area contributed by atoms with Crippen LogP contribution in [0, 0.1) is 11.7 Å². The fourth-order valence-electron chi connectivity index (χ4n) is 2.96. The molecule has 1 aromatic rings. The number of carbonyl (C=O) groups is 1. The van der Waals surface area contributed by atoms with E-state index in [2.05, 4.69) is 20.9 Å². The highest BCUT2D eigenvalue weighted by Crippen LogP contribution is 2.30. The number of hydrogen-bond donors (Lipinski definition) is 3. The number of benzene rings is 1. The maximum atomic E-state index is 14.3. The summed E-state index contributed by atoms with van der Waals surface area (Å²) >= 11 is 0. The van der Waals surface area contributed by atoms with Crippen molar-refractivity contribution in [1.82, 2.24) is 16.0 Å². The molecule has 0 bridgehead atoms. The van der Waals surface area contributed by atoms with E-state index in [1.807, 2.05) is 19.9 Å². The number of amides is 1. The Morgan fingerprint density at radius 2 is 2.10 bits per heavy atom. The van der Waals surface area contributed by atoms with Gasteiger partial charge in [0.1, 0.15) is 0 Å². The van der Waals surface area contributed by atoms with E-state index in [-0.39, 0.29) is 17.8 Å². The fraction of sp³-hybridized carbons (Fsp3) is 0.636. The molecule has 0 spiro atoms. The van der Waals surface area contributed by atoms with Crippen LogP contribution in [0.15, 0.2) is 23.2 Å². The molecule has 0 heterocycles. The highest BCUT2D eigenvalue weighted by atomic mass is 19.1. The largest absolute Gasteiger partial charge is 0.490 e. The smallest absolute Gasteiger partial charge is 0.220 e. The maximum Gasteiger partial charge on any atom is 0.220 e. The van der Waals surface area contributed by atoms with E-state index in [9.17, 15) is 9.18 Å². The summed E-state index contributed by atoms with van der Waals surface area (Å²) in [5.41, 5.74) is 0.829. The molecule has 1 amide bonds. The van der Waals surface area contributed by atoms with Crippen molar-refractivity contribution in [3.63, 3.8) is 0 Å². The van der Waals surface area contributed by atoms with Crippen molar-refractivity contribution in [2.45, 2.75) is 64.5 Å². The molecule has 2 aliphatic carbocycles. The molecular formula is C22H33FN4O2. The summed E-state index contributed by atoms with van der Waals surface area (Å²) in [4.78, 5) is 16.3. The van der Waals surface area contributed by atoms with Crippen LogP contribution in [0.3, 0.4) is 0 Å². The van der Waals surface area contributed by atoms with Crippen molar-refractivity contribution in [3.05, 3.63) is 29.6 Å². The number of nitrogens with zero attached hydrogens (tertiary/aromatic N) is 1. The first kappa shape index (κ1) is 21.4. The van der Waals surface area contributed by atoms with Crippen molar-refractivity contribution < 1.29 is 13.9 Å². The lowest BCUT2D eigenvalue weighted by atomic mass is 10.1. The topological polar surface area (TPSA) is 74.8 Å². The Hall–Kier alpha value is -2.31. The van der Waals surface area contributed by atoms with Crippen LogP contribution in [-0.4, -0.2) is 37.6 Å². The van der Waals surface area contributed by atoms with Gasteiger partial charge >= 0.3 is 0 Å². The van der Waals surface area contributed by atoms with Crippen LogP contribution >= 0.6 is 0 Å². The lowest BCUT2D eigenvalue weighted by Crippen LogP contribution is -2.38. The number of ether oxygens (including phenoxy) is 1. The molecule has 29 heavy (non-hydrogen) atoms. The molecular weight excluding hydrogens is 371 g/mol. The second-order valence-corrected chi connectivity index (χ2v) is 8.02. The van der Waals surface area contributed by atoms with Gasteiger partial charge in [-0.2, -0.15) is 0 Å². The van der Waals surface area contributed by atoms with E-state index in [0.29, 0.717) is 49.7 Å². The predicted octanol–water partition coefficient (Wildman–Crippen LogP) is 3.29. The predicted molar refractivity (Wildman–Crippen MR) is 113 cm³/mol. The minimum Gasteiger partial charge on any atom is -0.490 e. The van der Waals surface area contributed by atoms with Gasteiger partial charge in [0, 0.05) is 25.6 Å². The second-order valence-electron chi connectivity index (χ2n) is 8.02. The molecule has 160 valence electrons. The second kappa shape index (κ2) is 10.5. The van der Waals surface area contributed by atoms with Crippen LogP contribution in [0.2, 0.25) is 0 Å². The summed E-state index contributed by atoms with van der Waals surface area (Å²) in [5.74, 6) is 1.34. The third-order valence-electron chi connectivity index (χ3n) is 5.10. The number of rotatable bonds is 11. The van der Waals surface area contributed by atoms with Crippen molar-refractivity contribution in [2.75, 3.05) is 19.7 Å². The van der Waals surface area contributed by atoms with Crippen LogP contribution in [0.4, 0.5) is 4.39 Å². The van der Waals surface area contributed by atoms with Gasteiger partial charge in [0.05, 0.1) is 12.6 Å². The molecule has 0 aromatic heterocycles. The number of aliphatic imine (C=N–C) groups is 1. The minimum atomic E-state index is -0.333. The first-order valence-electron chi connectivity index (χ1n) is 10.8. The van der Waals surface area contributed by atoms with Gasteiger partial charge in [0.15, 0.2) is 17.5 Å². The van der Waals surface area contributed by atoms with Crippen molar-refractivity contribution >= 4 is 11.9 Å². The number of guanidine groups is 1. The fourth-order valence-corrected chi connectivity index (χ4v) is 2.96. The van der Waals surface area contributed by atoms with E-state index in [4.69, 9.17) is 4.74 Å². The molecule has 0 aliphatic heterocycles. The van der Waals surface area contributed by atoms with Gasteiger partial charge in [-0.1, -0.05) is 6.07 Å². The van der Waals surface area contributed by atoms with Gasteiger partial charge in [-0.15, -0.1) is 0 Å². The van der Waals surface area contributed by atoms with Crippen LogP contribution in [0.25, 0.3) is 0 Å². The van der Waals surface area contributed by atoms with E-state index in [1.165, 1.54) is 18.9 Å². The van der Waals surface area contributed by atoms with Gasteiger partial charge in [-0.3, -0.25) is 9.79 Å². The van der Waals surface area contributed by atoms with Crippen LogP contribution in [-0.2, 0) is 4.79 Å². The molecule has 1 unspecified atom stereocenters. The third-order valence-corrected chi connectivity index (χ3v) is 5.10. The average Bonchev–Trinajstić information content (AvgIpc) is 3.60. The first-order valence-corrected chi connectivity index (χ1v) is 10.8. The zero-order chi connectivity index (χ0) is 20.6. The zero-order valence-corrected chi connectivity index (χ0v) is 17.5. The summed E-state index contributed by atoms with van der Waals surface area (Å²) in [6.07, 6.45) is 5.75. The summed E-state index contributed by atoms with van der Waals surface area (Å²) in [7, 11) is 0. The summed E-state index contributed by atoms with van der Waals surface area (Å²) in [5, 5.41) is 9.49. The van der Waals surface area contributed by atoms with E-state index >= 15 is 0 Å². The maximum absolute atomic E-state index is 14.3.